The molecule has 4 nitrogen and oxygen atoms in total. The Morgan fingerprint density at radius 1 is 1.12 bits per heavy atom. The Bertz CT molecular complexity index is 775. The summed E-state index contributed by atoms with van der Waals surface area (Å²) >= 11 is 13.5. The van der Waals surface area contributed by atoms with E-state index in [1.54, 1.807) is 12.1 Å². The number of amides is 1. The molecule has 0 fully saturated rings. The van der Waals surface area contributed by atoms with Crippen LogP contribution in [0.15, 0.2) is 23.4 Å². The van der Waals surface area contributed by atoms with Crippen molar-refractivity contribution in [1.82, 2.24) is 15.3 Å². The first-order chi connectivity index (χ1) is 11.7. The van der Waals surface area contributed by atoms with Crippen molar-refractivity contribution in [2.24, 2.45) is 0 Å². The van der Waals surface area contributed by atoms with Gasteiger partial charge in [0.15, 0.2) is 5.16 Å². The number of carbonyl (C=O) groups is 1. The van der Waals surface area contributed by atoms with Gasteiger partial charge in [-0.25, -0.2) is 9.97 Å². The molecule has 2 rings (SSSR count). The van der Waals surface area contributed by atoms with Crippen LogP contribution in [0.3, 0.4) is 0 Å². The zero-order valence-corrected chi connectivity index (χ0v) is 17.2. The molecule has 1 N–H and O–H groups in total. The monoisotopic (exact) mass is 397 g/mol. The number of benzene rings is 1. The van der Waals surface area contributed by atoms with E-state index in [4.69, 9.17) is 23.2 Å². The van der Waals surface area contributed by atoms with Crippen molar-refractivity contribution in [1.29, 1.82) is 0 Å². The van der Waals surface area contributed by atoms with E-state index in [2.05, 4.69) is 15.3 Å². The van der Waals surface area contributed by atoms with Gasteiger partial charge in [-0.05, 0) is 57.9 Å². The molecular formula is C18H21Cl2N3OS. The predicted octanol–water partition coefficient (Wildman–Crippen LogP) is 5.07. The standard InChI is InChI=1S/C18H21Cl2N3OS/c1-9-10(2)22-18(23-11(9)3)25-13(5)17(24)21-12(4)15-7-6-14(19)8-16(15)20/h6-8,12-13H,1-5H3,(H,21,24)/t12-,13+/m1/s1. The summed E-state index contributed by atoms with van der Waals surface area (Å²) < 4.78 is 0. The summed E-state index contributed by atoms with van der Waals surface area (Å²) in [5.74, 6) is -0.0944. The van der Waals surface area contributed by atoms with E-state index >= 15 is 0 Å². The molecule has 2 atom stereocenters. The Balaban J connectivity index is 2.05. The highest BCUT2D eigenvalue weighted by Gasteiger charge is 2.20. The molecule has 1 amide bonds. The molecule has 0 spiro atoms. The number of nitrogens with zero attached hydrogens (tertiary/aromatic N) is 2. The van der Waals surface area contributed by atoms with E-state index in [-0.39, 0.29) is 17.2 Å². The molecule has 0 bridgehead atoms. The van der Waals surface area contributed by atoms with Gasteiger partial charge in [0, 0.05) is 21.4 Å². The van der Waals surface area contributed by atoms with Crippen molar-refractivity contribution in [2.45, 2.75) is 51.1 Å². The molecule has 0 unspecified atom stereocenters. The number of hydrogen-bond donors (Lipinski definition) is 1. The maximum Gasteiger partial charge on any atom is 0.233 e. The summed E-state index contributed by atoms with van der Waals surface area (Å²) in [5.41, 5.74) is 3.77. The first kappa shape index (κ1) is 20.0. The van der Waals surface area contributed by atoms with Crippen LogP contribution >= 0.6 is 35.0 Å². The third-order valence-corrected chi connectivity index (χ3v) is 5.57. The highest BCUT2D eigenvalue weighted by Crippen LogP contribution is 2.27. The second-order valence-corrected chi connectivity index (χ2v) is 8.11. The highest BCUT2D eigenvalue weighted by molar-refractivity contribution is 8.00. The number of hydrogen-bond acceptors (Lipinski definition) is 4. The van der Waals surface area contributed by atoms with E-state index in [9.17, 15) is 4.79 Å². The molecule has 2 aromatic rings. The van der Waals surface area contributed by atoms with Gasteiger partial charge in [-0.2, -0.15) is 0 Å². The molecule has 25 heavy (non-hydrogen) atoms. The van der Waals surface area contributed by atoms with Crippen LogP contribution in [0.1, 0.15) is 42.4 Å². The smallest absolute Gasteiger partial charge is 0.233 e. The SMILES string of the molecule is Cc1nc(S[C@@H](C)C(=O)N[C@H](C)c2ccc(Cl)cc2Cl)nc(C)c1C. The fraction of sp³-hybridized carbons (Fsp3) is 0.389. The maximum atomic E-state index is 12.5. The Morgan fingerprint density at radius 2 is 1.72 bits per heavy atom. The van der Waals surface area contributed by atoms with E-state index in [0.29, 0.717) is 15.2 Å². The molecule has 1 aromatic carbocycles. The van der Waals surface area contributed by atoms with Crippen molar-refractivity contribution in [2.75, 3.05) is 0 Å². The maximum absolute atomic E-state index is 12.5. The molecule has 0 aliphatic carbocycles. The molecule has 0 saturated carbocycles. The molecule has 134 valence electrons. The average Bonchev–Trinajstić information content (AvgIpc) is 2.52. The molecule has 1 aromatic heterocycles. The van der Waals surface area contributed by atoms with Gasteiger partial charge in [-0.1, -0.05) is 41.0 Å². The first-order valence-electron chi connectivity index (χ1n) is 7.93. The second kappa shape index (κ2) is 8.39. The van der Waals surface area contributed by atoms with Gasteiger partial charge in [0.2, 0.25) is 5.91 Å². The molecule has 1 heterocycles. The van der Waals surface area contributed by atoms with Crippen molar-refractivity contribution < 1.29 is 4.79 Å². The number of aromatic nitrogens is 2. The Hall–Kier alpha value is -1.30. The molecular weight excluding hydrogens is 377 g/mol. The van der Waals surface area contributed by atoms with Gasteiger partial charge in [-0.15, -0.1) is 0 Å². The minimum atomic E-state index is -0.324. The zero-order valence-electron chi connectivity index (χ0n) is 14.9. The lowest BCUT2D eigenvalue weighted by Crippen LogP contribution is -2.33. The van der Waals surface area contributed by atoms with Gasteiger partial charge >= 0.3 is 0 Å². The van der Waals surface area contributed by atoms with Gasteiger partial charge < -0.3 is 5.32 Å². The third kappa shape index (κ3) is 5.09. The fourth-order valence-electron chi connectivity index (χ4n) is 2.27. The number of rotatable bonds is 5. The van der Waals surface area contributed by atoms with Gasteiger partial charge in [-0.3, -0.25) is 4.79 Å². The topological polar surface area (TPSA) is 54.9 Å². The number of nitrogens with one attached hydrogen (secondary N) is 1. The van der Waals surface area contributed by atoms with E-state index in [1.165, 1.54) is 11.8 Å². The van der Waals surface area contributed by atoms with Crippen LogP contribution in [0.4, 0.5) is 0 Å². The van der Waals surface area contributed by atoms with Gasteiger partial charge in [0.25, 0.3) is 0 Å². The third-order valence-electron chi connectivity index (χ3n) is 4.05. The van der Waals surface area contributed by atoms with Gasteiger partial charge in [0.05, 0.1) is 11.3 Å². The summed E-state index contributed by atoms with van der Waals surface area (Å²) in [6, 6.07) is 5.03. The average molecular weight is 398 g/mol. The van der Waals surface area contributed by atoms with E-state index < -0.39 is 0 Å². The largest absolute Gasteiger partial charge is 0.349 e. The number of thioether (sulfide) groups is 1. The molecule has 0 aliphatic heterocycles. The summed E-state index contributed by atoms with van der Waals surface area (Å²) in [4.78, 5) is 21.4. The normalized spacial score (nSPS) is 13.4. The van der Waals surface area contributed by atoms with Crippen LogP contribution in [-0.2, 0) is 4.79 Å². The van der Waals surface area contributed by atoms with Gasteiger partial charge in [0.1, 0.15) is 0 Å². The van der Waals surface area contributed by atoms with Crippen LogP contribution in [0.2, 0.25) is 10.0 Å². The number of carbonyl (C=O) groups excluding carboxylic acids is 1. The lowest BCUT2D eigenvalue weighted by Gasteiger charge is -2.18. The van der Waals surface area contributed by atoms with Crippen LogP contribution in [0.25, 0.3) is 0 Å². The summed E-state index contributed by atoms with van der Waals surface area (Å²) in [6.45, 7) is 9.62. The molecule has 7 heteroatoms. The molecule has 0 saturated heterocycles. The van der Waals surface area contributed by atoms with Crippen LogP contribution in [0.5, 0.6) is 0 Å². The predicted molar refractivity (Wildman–Crippen MR) is 105 cm³/mol. The van der Waals surface area contributed by atoms with Crippen LogP contribution < -0.4 is 5.32 Å². The van der Waals surface area contributed by atoms with Crippen LogP contribution in [-0.4, -0.2) is 21.1 Å². The second-order valence-electron chi connectivity index (χ2n) is 5.96. The lowest BCUT2D eigenvalue weighted by molar-refractivity contribution is -0.120. The Morgan fingerprint density at radius 3 is 2.28 bits per heavy atom. The number of halogens is 2. The minimum absolute atomic E-state index is 0.0944. The van der Waals surface area contributed by atoms with Crippen molar-refractivity contribution in [3.63, 3.8) is 0 Å². The van der Waals surface area contributed by atoms with Crippen molar-refractivity contribution >= 4 is 40.9 Å². The first-order valence-corrected chi connectivity index (χ1v) is 9.56. The Labute approximate surface area is 162 Å². The zero-order chi connectivity index (χ0) is 18.7. The van der Waals surface area contributed by atoms with Crippen LogP contribution in [0, 0.1) is 20.8 Å². The summed E-state index contributed by atoms with van der Waals surface area (Å²) in [5, 5.41) is 4.37. The van der Waals surface area contributed by atoms with E-state index in [0.717, 1.165) is 22.5 Å². The van der Waals surface area contributed by atoms with Crippen molar-refractivity contribution in [3.05, 3.63) is 50.8 Å². The minimum Gasteiger partial charge on any atom is -0.349 e. The Kier molecular flexibility index (Phi) is 6.72. The van der Waals surface area contributed by atoms with Crippen molar-refractivity contribution in [3.8, 4) is 0 Å². The number of aryl methyl sites for hydroxylation is 2. The summed E-state index contributed by atoms with van der Waals surface area (Å²) in [7, 11) is 0. The fourth-order valence-corrected chi connectivity index (χ4v) is 3.71. The molecule has 0 aliphatic rings. The summed E-state index contributed by atoms with van der Waals surface area (Å²) in [6.07, 6.45) is 0. The molecule has 0 radical (unpaired) electrons. The highest BCUT2D eigenvalue weighted by atomic mass is 35.5. The quantitative estimate of drug-likeness (QED) is 0.565. The lowest BCUT2D eigenvalue weighted by atomic mass is 10.1. The van der Waals surface area contributed by atoms with E-state index in [1.807, 2.05) is 40.7 Å².